The van der Waals surface area contributed by atoms with E-state index in [0.717, 1.165) is 0 Å². The van der Waals surface area contributed by atoms with Gasteiger partial charge in [-0.15, -0.1) is 0 Å². The minimum atomic E-state index is -0.459. The third-order valence-electron chi connectivity index (χ3n) is 7.03. The first-order chi connectivity index (χ1) is 19.7. The fourth-order valence-electron chi connectivity index (χ4n) is 4.63. The summed E-state index contributed by atoms with van der Waals surface area (Å²) in [4.78, 5) is 42.1. The van der Waals surface area contributed by atoms with Crippen molar-refractivity contribution in [2.75, 3.05) is 42.7 Å². The first kappa shape index (κ1) is 29.4. The van der Waals surface area contributed by atoms with E-state index in [9.17, 15) is 19.5 Å². The minimum Gasteiger partial charge on any atom is -0.488 e. The predicted octanol–water partition coefficient (Wildman–Crippen LogP) is 4.64. The number of hydrogen-bond donors (Lipinski definition) is 4. The number of likely N-dealkylation sites (N-methyl/N-ethyl adjacent to an activating group) is 1. The van der Waals surface area contributed by atoms with Crippen molar-refractivity contribution in [1.82, 2.24) is 9.80 Å². The molecule has 0 unspecified atom stereocenters. The zero-order valence-corrected chi connectivity index (χ0v) is 23.5. The van der Waals surface area contributed by atoms with Gasteiger partial charge < -0.3 is 35.6 Å². The van der Waals surface area contributed by atoms with Gasteiger partial charge in [0, 0.05) is 42.1 Å². The van der Waals surface area contributed by atoms with Crippen molar-refractivity contribution >= 4 is 35.0 Å². The monoisotopic (exact) mass is 559 g/mol. The molecule has 4 N–H and O–H groups in total. The van der Waals surface area contributed by atoms with Crippen molar-refractivity contribution in [1.29, 1.82) is 0 Å². The lowest BCUT2D eigenvalue weighted by Crippen LogP contribution is -2.48. The number of fused-ring (bicyclic) bond motifs is 1. The van der Waals surface area contributed by atoms with Crippen LogP contribution in [0.4, 0.5) is 26.7 Å². The summed E-state index contributed by atoms with van der Waals surface area (Å²) in [5, 5.41) is 18.3. The van der Waals surface area contributed by atoms with Gasteiger partial charge in [0.1, 0.15) is 11.9 Å². The number of anilines is 3. The van der Waals surface area contributed by atoms with E-state index in [1.807, 2.05) is 55.5 Å². The molecule has 0 saturated heterocycles. The van der Waals surface area contributed by atoms with Gasteiger partial charge in [-0.3, -0.25) is 4.79 Å². The molecule has 1 aliphatic heterocycles. The van der Waals surface area contributed by atoms with E-state index in [-0.39, 0.29) is 37.4 Å². The molecule has 0 radical (unpaired) electrons. The topological polar surface area (TPSA) is 123 Å². The number of nitrogens with one attached hydrogen (secondary N) is 3. The van der Waals surface area contributed by atoms with E-state index in [0.29, 0.717) is 34.9 Å². The van der Waals surface area contributed by atoms with Crippen LogP contribution in [-0.4, -0.2) is 71.8 Å². The van der Waals surface area contributed by atoms with Crippen molar-refractivity contribution < 1.29 is 24.2 Å². The maximum Gasteiger partial charge on any atom is 0.323 e. The zero-order chi connectivity index (χ0) is 29.4. The van der Waals surface area contributed by atoms with Gasteiger partial charge in [-0.25, -0.2) is 9.59 Å². The average molecular weight is 560 g/mol. The normalized spacial score (nSPS) is 17.6. The summed E-state index contributed by atoms with van der Waals surface area (Å²) in [6.07, 6.45) is -0.432. The molecule has 0 fully saturated rings. The molecule has 216 valence electrons. The van der Waals surface area contributed by atoms with Crippen molar-refractivity contribution in [2.45, 2.75) is 32.4 Å². The van der Waals surface area contributed by atoms with Crippen molar-refractivity contribution in [3.8, 4) is 5.75 Å². The molecule has 1 heterocycles. The van der Waals surface area contributed by atoms with Gasteiger partial charge >= 0.3 is 12.1 Å². The Balaban J connectivity index is 1.56. The van der Waals surface area contributed by atoms with E-state index in [4.69, 9.17) is 4.74 Å². The molecular weight excluding hydrogens is 522 g/mol. The number of rotatable bonds is 7. The SMILES string of the molecule is C[C@H]1CN([C@@H](C)CO)C(=O)Cc2cc(NC(=O)Nc3ccccc3)ccc2O[C@H]1CN(C)C(=O)Nc1ccccc1. The first-order valence-electron chi connectivity index (χ1n) is 13.6. The Morgan fingerprint density at radius 1 is 0.976 bits per heavy atom. The summed E-state index contributed by atoms with van der Waals surface area (Å²) in [6, 6.07) is 22.3. The Morgan fingerprint density at radius 2 is 1.59 bits per heavy atom. The largest absolute Gasteiger partial charge is 0.488 e. The number of aliphatic hydroxyl groups is 1. The molecule has 0 aromatic heterocycles. The molecule has 1 aliphatic rings. The van der Waals surface area contributed by atoms with Gasteiger partial charge in [0.25, 0.3) is 0 Å². The molecule has 5 amide bonds. The summed E-state index contributed by atoms with van der Waals surface area (Å²) in [7, 11) is 1.69. The van der Waals surface area contributed by atoms with Crippen LogP contribution in [0, 0.1) is 5.92 Å². The number of ether oxygens (including phenoxy) is 1. The molecular formula is C31H37N5O5. The van der Waals surface area contributed by atoms with E-state index < -0.39 is 18.2 Å². The van der Waals surface area contributed by atoms with Crippen molar-refractivity contribution in [2.24, 2.45) is 5.92 Å². The number of hydrogen-bond acceptors (Lipinski definition) is 5. The fraction of sp³-hybridized carbons (Fsp3) is 0.323. The van der Waals surface area contributed by atoms with Crippen molar-refractivity contribution in [3.63, 3.8) is 0 Å². The lowest BCUT2D eigenvalue weighted by molar-refractivity contribution is -0.134. The Hall–Kier alpha value is -4.57. The van der Waals surface area contributed by atoms with Crippen LogP contribution in [0.5, 0.6) is 5.75 Å². The zero-order valence-electron chi connectivity index (χ0n) is 23.5. The molecule has 41 heavy (non-hydrogen) atoms. The summed E-state index contributed by atoms with van der Waals surface area (Å²) in [5.74, 6) is 0.171. The second-order valence-corrected chi connectivity index (χ2v) is 10.3. The first-order valence-corrected chi connectivity index (χ1v) is 13.6. The summed E-state index contributed by atoms with van der Waals surface area (Å²) < 4.78 is 6.47. The van der Waals surface area contributed by atoms with Gasteiger partial charge in [0.15, 0.2) is 0 Å². The predicted molar refractivity (Wildman–Crippen MR) is 159 cm³/mol. The van der Waals surface area contributed by atoms with Gasteiger partial charge in [-0.2, -0.15) is 0 Å². The number of amides is 5. The number of benzene rings is 3. The Morgan fingerprint density at radius 3 is 2.22 bits per heavy atom. The third kappa shape index (κ3) is 7.98. The minimum absolute atomic E-state index is 0.0271. The molecule has 3 aromatic rings. The molecule has 4 rings (SSSR count). The second kappa shape index (κ2) is 13.7. The van der Waals surface area contributed by atoms with E-state index in [1.54, 1.807) is 54.1 Å². The standard InChI is InChI=1S/C31H37N5O5/c1-21-18-36(22(2)20-37)29(38)17-23-16-26(33-30(39)32-24-10-6-4-7-11-24)14-15-27(23)41-28(21)19-35(3)31(40)34-25-12-8-5-9-13-25/h4-16,21-22,28,37H,17-20H2,1-3H3,(H,34,40)(H2,32,33,39)/t21-,22-,28-/m0/s1. The molecule has 3 aromatic carbocycles. The maximum absolute atomic E-state index is 13.4. The lowest BCUT2D eigenvalue weighted by atomic mass is 10.0. The van der Waals surface area contributed by atoms with Crippen LogP contribution < -0.4 is 20.7 Å². The molecule has 0 saturated carbocycles. The summed E-state index contributed by atoms with van der Waals surface area (Å²) in [6.45, 7) is 4.18. The van der Waals surface area contributed by atoms with Crippen LogP contribution in [0.2, 0.25) is 0 Å². The number of para-hydroxylation sites is 2. The van der Waals surface area contributed by atoms with Crippen LogP contribution in [0.3, 0.4) is 0 Å². The van der Waals surface area contributed by atoms with Gasteiger partial charge in [-0.05, 0) is 49.4 Å². The number of carbonyl (C=O) groups is 3. The maximum atomic E-state index is 13.4. The summed E-state index contributed by atoms with van der Waals surface area (Å²) in [5.41, 5.74) is 2.43. The molecule has 0 spiro atoms. The van der Waals surface area contributed by atoms with Gasteiger partial charge in [0.05, 0.1) is 25.6 Å². The highest BCUT2D eigenvalue weighted by Gasteiger charge is 2.32. The van der Waals surface area contributed by atoms with Crippen LogP contribution in [-0.2, 0) is 11.2 Å². The van der Waals surface area contributed by atoms with Crippen LogP contribution in [0.25, 0.3) is 0 Å². The highest BCUT2D eigenvalue weighted by Crippen LogP contribution is 2.29. The van der Waals surface area contributed by atoms with E-state index in [1.165, 1.54) is 0 Å². The Bertz CT molecular complexity index is 1340. The van der Waals surface area contributed by atoms with Crippen molar-refractivity contribution in [3.05, 3.63) is 84.4 Å². The van der Waals surface area contributed by atoms with E-state index in [2.05, 4.69) is 16.0 Å². The highest BCUT2D eigenvalue weighted by atomic mass is 16.5. The van der Waals surface area contributed by atoms with Crippen LogP contribution >= 0.6 is 0 Å². The third-order valence-corrected chi connectivity index (χ3v) is 7.03. The molecule has 10 nitrogen and oxygen atoms in total. The summed E-state index contributed by atoms with van der Waals surface area (Å²) >= 11 is 0. The van der Waals surface area contributed by atoms with E-state index >= 15 is 0 Å². The van der Waals surface area contributed by atoms with Crippen LogP contribution in [0.15, 0.2) is 78.9 Å². The van der Waals surface area contributed by atoms with Crippen LogP contribution in [0.1, 0.15) is 19.4 Å². The number of aliphatic hydroxyl groups excluding tert-OH is 1. The number of carbonyl (C=O) groups excluding carboxylic acids is 3. The smallest absolute Gasteiger partial charge is 0.323 e. The molecule has 10 heteroatoms. The fourth-order valence-corrected chi connectivity index (χ4v) is 4.63. The molecule has 3 atom stereocenters. The van der Waals surface area contributed by atoms with Gasteiger partial charge in [-0.1, -0.05) is 43.3 Å². The Kier molecular flexibility index (Phi) is 9.81. The number of nitrogens with zero attached hydrogens (tertiary/aromatic N) is 2. The number of urea groups is 2. The second-order valence-electron chi connectivity index (χ2n) is 10.3. The lowest BCUT2D eigenvalue weighted by Gasteiger charge is -2.34. The average Bonchev–Trinajstić information content (AvgIpc) is 3.01. The quantitative estimate of drug-likeness (QED) is 0.336. The molecule has 0 aliphatic carbocycles. The molecule has 0 bridgehead atoms. The highest BCUT2D eigenvalue weighted by molar-refractivity contribution is 6.00. The Labute approximate surface area is 240 Å². The van der Waals surface area contributed by atoms with Gasteiger partial charge in [0.2, 0.25) is 5.91 Å².